The van der Waals surface area contributed by atoms with Crippen LogP contribution < -0.4 is 0 Å². The molecule has 4 rings (SSSR count). The van der Waals surface area contributed by atoms with Gasteiger partial charge < -0.3 is 4.74 Å². The molecule has 132 valence electrons. The van der Waals surface area contributed by atoms with Gasteiger partial charge in [0.15, 0.2) is 0 Å². The SMILES string of the molecule is COC1=CC2=CCC3C(CCC4(C)/C(=C(\C)F)CCC34)C2(C)CC1. The number of allylic oxidation sites excluding steroid dienone is 6. The standard InChI is InChI=1S/C22H31FO/c1-14(23)18-7-8-19-17-6-5-15-13-16(24-4)9-11-21(15,2)20(17)10-12-22(18,19)3/h5,13,17,19-20H,6-12H2,1-4H3/b18-14+. The largest absolute Gasteiger partial charge is 0.501 e. The van der Waals surface area contributed by atoms with Crippen LogP contribution in [0.4, 0.5) is 4.39 Å². The molecule has 5 atom stereocenters. The minimum absolute atomic E-state index is 0.0991. The van der Waals surface area contributed by atoms with Gasteiger partial charge in [0, 0.05) is 6.42 Å². The van der Waals surface area contributed by atoms with Gasteiger partial charge in [-0.15, -0.1) is 0 Å². The van der Waals surface area contributed by atoms with Gasteiger partial charge in [-0.05, 0) is 91.3 Å². The molecule has 5 unspecified atom stereocenters. The smallest absolute Gasteiger partial charge is 0.0966 e. The van der Waals surface area contributed by atoms with Crippen molar-refractivity contribution in [3.63, 3.8) is 0 Å². The summed E-state index contributed by atoms with van der Waals surface area (Å²) in [4.78, 5) is 0. The van der Waals surface area contributed by atoms with E-state index in [1.165, 1.54) is 37.7 Å². The maximum Gasteiger partial charge on any atom is 0.0966 e. The molecule has 2 fully saturated rings. The first-order valence-electron chi connectivity index (χ1n) is 9.71. The van der Waals surface area contributed by atoms with Crippen molar-refractivity contribution in [2.75, 3.05) is 7.11 Å². The lowest BCUT2D eigenvalue weighted by Crippen LogP contribution is -2.48. The third-order valence-corrected chi connectivity index (χ3v) is 8.19. The second kappa shape index (κ2) is 5.47. The van der Waals surface area contributed by atoms with Gasteiger partial charge in [0.2, 0.25) is 0 Å². The first-order valence-corrected chi connectivity index (χ1v) is 9.71. The quantitative estimate of drug-likeness (QED) is 0.545. The molecule has 0 aromatic carbocycles. The Morgan fingerprint density at radius 1 is 1.12 bits per heavy atom. The van der Waals surface area contributed by atoms with Gasteiger partial charge in [0.25, 0.3) is 0 Å². The molecule has 24 heavy (non-hydrogen) atoms. The number of hydrogen-bond acceptors (Lipinski definition) is 1. The molecule has 2 heteroatoms. The Labute approximate surface area is 146 Å². The minimum atomic E-state index is 0.0991. The highest BCUT2D eigenvalue weighted by molar-refractivity contribution is 5.37. The molecular weight excluding hydrogens is 299 g/mol. The van der Waals surface area contributed by atoms with Crippen LogP contribution in [-0.4, -0.2) is 7.11 Å². The molecule has 4 aliphatic carbocycles. The summed E-state index contributed by atoms with van der Waals surface area (Å²) in [6, 6.07) is 0. The molecule has 0 radical (unpaired) electrons. The predicted octanol–water partition coefficient (Wildman–Crippen LogP) is 6.33. The molecule has 0 N–H and O–H groups in total. The lowest BCUT2D eigenvalue weighted by atomic mass is 9.48. The van der Waals surface area contributed by atoms with Crippen LogP contribution in [0.25, 0.3) is 0 Å². The van der Waals surface area contributed by atoms with E-state index in [2.05, 4.69) is 26.0 Å². The van der Waals surface area contributed by atoms with Crippen LogP contribution >= 0.6 is 0 Å². The molecule has 0 heterocycles. The summed E-state index contributed by atoms with van der Waals surface area (Å²) in [6.07, 6.45) is 12.8. The van der Waals surface area contributed by atoms with Crippen LogP contribution in [0, 0.1) is 28.6 Å². The van der Waals surface area contributed by atoms with E-state index >= 15 is 0 Å². The van der Waals surface area contributed by atoms with E-state index in [1.54, 1.807) is 14.0 Å². The Balaban J connectivity index is 1.70. The van der Waals surface area contributed by atoms with Crippen LogP contribution in [-0.2, 0) is 4.74 Å². The molecule has 4 aliphatic rings. The van der Waals surface area contributed by atoms with Crippen LogP contribution in [0.15, 0.2) is 34.9 Å². The predicted molar refractivity (Wildman–Crippen MR) is 96.0 cm³/mol. The number of fused-ring (bicyclic) bond motifs is 5. The number of ether oxygens (including phenoxy) is 1. The molecule has 0 amide bonds. The summed E-state index contributed by atoms with van der Waals surface area (Å²) in [5, 5.41) is 0. The Morgan fingerprint density at radius 2 is 1.88 bits per heavy atom. The third-order valence-electron chi connectivity index (χ3n) is 8.19. The number of hydrogen-bond donors (Lipinski definition) is 0. The zero-order chi connectivity index (χ0) is 17.1. The van der Waals surface area contributed by atoms with E-state index in [1.807, 2.05) is 0 Å². The van der Waals surface area contributed by atoms with Crippen LogP contribution in [0.5, 0.6) is 0 Å². The molecule has 1 nitrogen and oxygen atoms in total. The van der Waals surface area contributed by atoms with Crippen molar-refractivity contribution in [1.29, 1.82) is 0 Å². The normalized spacial score (nSPS) is 46.3. The van der Waals surface area contributed by atoms with Crippen molar-refractivity contribution in [3.05, 3.63) is 34.9 Å². The van der Waals surface area contributed by atoms with Crippen molar-refractivity contribution in [2.24, 2.45) is 28.6 Å². The summed E-state index contributed by atoms with van der Waals surface area (Å²) in [6.45, 7) is 6.51. The van der Waals surface area contributed by atoms with Gasteiger partial charge in [-0.25, -0.2) is 4.39 Å². The van der Waals surface area contributed by atoms with Gasteiger partial charge in [0.1, 0.15) is 0 Å². The van der Waals surface area contributed by atoms with Crippen molar-refractivity contribution < 1.29 is 9.13 Å². The summed E-state index contributed by atoms with van der Waals surface area (Å²) < 4.78 is 19.6. The Kier molecular flexibility index (Phi) is 3.75. The minimum Gasteiger partial charge on any atom is -0.501 e. The lowest BCUT2D eigenvalue weighted by molar-refractivity contribution is -0.00890. The van der Waals surface area contributed by atoms with Gasteiger partial charge in [-0.1, -0.05) is 19.9 Å². The van der Waals surface area contributed by atoms with Gasteiger partial charge in [-0.3, -0.25) is 0 Å². The lowest BCUT2D eigenvalue weighted by Gasteiger charge is -2.56. The highest BCUT2D eigenvalue weighted by Gasteiger charge is 2.57. The van der Waals surface area contributed by atoms with Crippen LogP contribution in [0.2, 0.25) is 0 Å². The first-order chi connectivity index (χ1) is 11.4. The third kappa shape index (κ3) is 2.10. The topological polar surface area (TPSA) is 9.23 Å². The monoisotopic (exact) mass is 330 g/mol. The fraction of sp³-hybridized carbons (Fsp3) is 0.727. The molecular formula is C22H31FO. The van der Waals surface area contributed by atoms with Crippen LogP contribution in [0.3, 0.4) is 0 Å². The van der Waals surface area contributed by atoms with Crippen LogP contribution in [0.1, 0.15) is 65.7 Å². The van der Waals surface area contributed by atoms with Gasteiger partial charge >= 0.3 is 0 Å². The zero-order valence-electron chi connectivity index (χ0n) is 15.6. The van der Waals surface area contributed by atoms with Crippen molar-refractivity contribution >= 4 is 0 Å². The average molecular weight is 330 g/mol. The van der Waals surface area contributed by atoms with E-state index in [4.69, 9.17) is 4.74 Å². The molecule has 0 aromatic rings. The Morgan fingerprint density at radius 3 is 2.58 bits per heavy atom. The number of halogens is 1. The summed E-state index contributed by atoms with van der Waals surface area (Å²) in [7, 11) is 1.79. The molecule has 0 spiro atoms. The highest BCUT2D eigenvalue weighted by Crippen LogP contribution is 2.66. The van der Waals surface area contributed by atoms with E-state index < -0.39 is 0 Å². The van der Waals surface area contributed by atoms with E-state index in [0.717, 1.165) is 36.0 Å². The van der Waals surface area contributed by atoms with Gasteiger partial charge in [-0.2, -0.15) is 0 Å². The van der Waals surface area contributed by atoms with E-state index in [-0.39, 0.29) is 11.2 Å². The maximum absolute atomic E-state index is 14.1. The van der Waals surface area contributed by atoms with Gasteiger partial charge in [0.05, 0.1) is 18.7 Å². The second-order valence-electron chi connectivity index (χ2n) is 9.01. The van der Waals surface area contributed by atoms with E-state index in [0.29, 0.717) is 11.3 Å². The number of methoxy groups -OCH3 is 1. The first kappa shape index (κ1) is 16.4. The average Bonchev–Trinajstić information content (AvgIpc) is 2.91. The Hall–Kier alpha value is -1.05. The summed E-state index contributed by atoms with van der Waals surface area (Å²) in [5.74, 6) is 3.38. The molecule has 2 saturated carbocycles. The van der Waals surface area contributed by atoms with E-state index in [9.17, 15) is 4.39 Å². The Bertz CT molecular complexity index is 638. The maximum atomic E-state index is 14.1. The summed E-state index contributed by atoms with van der Waals surface area (Å²) in [5.41, 5.74) is 3.05. The molecule has 0 aliphatic heterocycles. The van der Waals surface area contributed by atoms with Crippen molar-refractivity contribution in [1.82, 2.24) is 0 Å². The molecule has 0 bridgehead atoms. The fourth-order valence-electron chi connectivity index (χ4n) is 6.84. The molecule has 0 saturated heterocycles. The highest BCUT2D eigenvalue weighted by atomic mass is 19.1. The second-order valence-corrected chi connectivity index (χ2v) is 9.01. The summed E-state index contributed by atoms with van der Waals surface area (Å²) >= 11 is 0. The van der Waals surface area contributed by atoms with Crippen molar-refractivity contribution in [3.8, 4) is 0 Å². The fourth-order valence-corrected chi connectivity index (χ4v) is 6.84. The zero-order valence-corrected chi connectivity index (χ0v) is 15.6. The number of rotatable bonds is 1. The van der Waals surface area contributed by atoms with Crippen molar-refractivity contribution in [2.45, 2.75) is 65.7 Å². The molecule has 0 aromatic heterocycles.